The third-order valence-corrected chi connectivity index (χ3v) is 7.05. The summed E-state index contributed by atoms with van der Waals surface area (Å²) >= 11 is 0. The first-order valence-electron chi connectivity index (χ1n) is 12.7. The Morgan fingerprint density at radius 1 is 0.368 bits per heavy atom. The van der Waals surface area contributed by atoms with Crippen molar-refractivity contribution in [2.24, 2.45) is 0 Å². The second-order valence-electron chi connectivity index (χ2n) is 9.26. The van der Waals surface area contributed by atoms with Gasteiger partial charge in [-0.2, -0.15) is 0 Å². The van der Waals surface area contributed by atoms with Crippen molar-refractivity contribution >= 4 is 65.2 Å². The summed E-state index contributed by atoms with van der Waals surface area (Å²) < 4.78 is 0. The molecule has 0 bridgehead atoms. The first-order chi connectivity index (χ1) is 18.9. The molecule has 180 valence electrons. The standard InChI is InChI=1S/C20H12.2C7H6N2/c1-5-13-6-2-11-17-18-12-4-8-14-7-3-10-16(20(14)18)15(9-1)19(13)17;2*1-2-4-7-6(3-1)8-5-9-7/h1-12H;2*1-5H,(H,8,9). The van der Waals surface area contributed by atoms with Gasteiger partial charge in [0.1, 0.15) is 0 Å². The number of nitrogens with one attached hydrogen (secondary N) is 2. The van der Waals surface area contributed by atoms with E-state index in [1.165, 1.54) is 43.1 Å². The van der Waals surface area contributed by atoms with Crippen LogP contribution in [0.2, 0.25) is 0 Å². The lowest BCUT2D eigenvalue weighted by Crippen LogP contribution is -1.85. The number of hydrogen-bond acceptors (Lipinski definition) is 2. The van der Waals surface area contributed by atoms with E-state index in [-0.39, 0.29) is 0 Å². The topological polar surface area (TPSA) is 57.4 Å². The highest BCUT2D eigenvalue weighted by atomic mass is 14.9. The molecule has 9 rings (SSSR count). The predicted molar refractivity (Wildman–Crippen MR) is 160 cm³/mol. The van der Waals surface area contributed by atoms with Crippen molar-refractivity contribution in [3.05, 3.63) is 134 Å². The quantitative estimate of drug-likeness (QED) is 0.165. The first kappa shape index (κ1) is 22.0. The Hall–Kier alpha value is -5.22. The molecule has 0 atom stereocenters. The van der Waals surface area contributed by atoms with E-state index < -0.39 is 0 Å². The highest BCUT2D eigenvalue weighted by molar-refractivity contribution is 6.32. The molecule has 0 aliphatic rings. The lowest BCUT2D eigenvalue weighted by molar-refractivity contribution is 1.34. The number of nitrogens with zero attached hydrogens (tertiary/aromatic N) is 2. The smallest absolute Gasteiger partial charge is 0.0931 e. The van der Waals surface area contributed by atoms with Crippen molar-refractivity contribution in [1.82, 2.24) is 19.9 Å². The second-order valence-corrected chi connectivity index (χ2v) is 9.26. The largest absolute Gasteiger partial charge is 0.345 e. The molecular weight excluding hydrogens is 464 g/mol. The maximum absolute atomic E-state index is 4.06. The number of benzene rings is 7. The molecule has 2 heterocycles. The monoisotopic (exact) mass is 488 g/mol. The van der Waals surface area contributed by atoms with Gasteiger partial charge >= 0.3 is 0 Å². The fourth-order valence-electron chi connectivity index (χ4n) is 5.34. The normalized spacial score (nSPS) is 11.2. The van der Waals surface area contributed by atoms with E-state index in [1.807, 2.05) is 48.5 Å². The van der Waals surface area contributed by atoms with Crippen molar-refractivity contribution in [2.75, 3.05) is 0 Å². The van der Waals surface area contributed by atoms with Crippen LogP contribution in [0.15, 0.2) is 134 Å². The molecule has 0 amide bonds. The summed E-state index contributed by atoms with van der Waals surface area (Å²) in [6, 6.07) is 42.3. The van der Waals surface area contributed by atoms with Gasteiger partial charge in [0.25, 0.3) is 0 Å². The van der Waals surface area contributed by atoms with Crippen molar-refractivity contribution in [3.8, 4) is 0 Å². The van der Waals surface area contributed by atoms with Crippen LogP contribution in [-0.4, -0.2) is 19.9 Å². The highest BCUT2D eigenvalue weighted by Crippen LogP contribution is 2.39. The molecule has 0 saturated carbocycles. The fraction of sp³-hybridized carbons (Fsp3) is 0. The number of hydrogen-bond donors (Lipinski definition) is 2. The first-order valence-corrected chi connectivity index (χ1v) is 12.7. The number of fused-ring (bicyclic) bond motifs is 4. The van der Waals surface area contributed by atoms with Gasteiger partial charge in [0.15, 0.2) is 0 Å². The average Bonchev–Trinajstić information content (AvgIpc) is 3.66. The van der Waals surface area contributed by atoms with Crippen LogP contribution in [0.3, 0.4) is 0 Å². The number of aromatic amines is 2. The van der Waals surface area contributed by atoms with Crippen molar-refractivity contribution in [3.63, 3.8) is 0 Å². The molecule has 4 nitrogen and oxygen atoms in total. The summed E-state index contributed by atoms with van der Waals surface area (Å²) in [7, 11) is 0. The zero-order chi connectivity index (χ0) is 25.3. The minimum atomic E-state index is 1.03. The molecule has 0 radical (unpaired) electrons. The van der Waals surface area contributed by atoms with Crippen LogP contribution in [0, 0.1) is 0 Å². The lowest BCUT2D eigenvalue weighted by Gasteiger charge is -2.13. The molecule has 9 aromatic rings. The summed E-state index contributed by atoms with van der Waals surface area (Å²) in [4.78, 5) is 14.1. The van der Waals surface area contributed by atoms with Crippen LogP contribution in [0.4, 0.5) is 0 Å². The average molecular weight is 489 g/mol. The van der Waals surface area contributed by atoms with Gasteiger partial charge in [-0.05, 0) is 67.4 Å². The molecule has 0 aliphatic heterocycles. The number of imidazole rings is 2. The molecule has 0 unspecified atom stereocenters. The van der Waals surface area contributed by atoms with E-state index >= 15 is 0 Å². The molecule has 4 heteroatoms. The summed E-state index contributed by atoms with van der Waals surface area (Å²) in [6.45, 7) is 0. The number of H-pyrrole nitrogens is 2. The Labute approximate surface area is 218 Å². The van der Waals surface area contributed by atoms with Gasteiger partial charge in [0.2, 0.25) is 0 Å². The van der Waals surface area contributed by atoms with Crippen LogP contribution >= 0.6 is 0 Å². The number of rotatable bonds is 0. The Morgan fingerprint density at radius 3 is 1.11 bits per heavy atom. The van der Waals surface area contributed by atoms with Crippen LogP contribution in [-0.2, 0) is 0 Å². The number of aromatic nitrogens is 4. The minimum absolute atomic E-state index is 1.03. The third kappa shape index (κ3) is 3.80. The van der Waals surface area contributed by atoms with Gasteiger partial charge in [0, 0.05) is 0 Å². The van der Waals surface area contributed by atoms with E-state index in [0.29, 0.717) is 0 Å². The maximum atomic E-state index is 4.06. The van der Waals surface area contributed by atoms with Gasteiger partial charge < -0.3 is 9.97 Å². The van der Waals surface area contributed by atoms with Crippen molar-refractivity contribution < 1.29 is 0 Å². The molecule has 38 heavy (non-hydrogen) atoms. The van der Waals surface area contributed by atoms with Gasteiger partial charge in [-0.25, -0.2) is 9.97 Å². The second kappa shape index (κ2) is 9.34. The Bertz CT molecular complexity index is 1860. The Kier molecular flexibility index (Phi) is 5.41. The third-order valence-electron chi connectivity index (χ3n) is 7.05. The zero-order valence-electron chi connectivity index (χ0n) is 20.6. The molecular formula is C34H24N4. The van der Waals surface area contributed by atoms with E-state index in [1.54, 1.807) is 12.7 Å². The summed E-state index contributed by atoms with van der Waals surface area (Å²) in [5.41, 5.74) is 4.24. The Balaban J connectivity index is 0.000000111. The maximum Gasteiger partial charge on any atom is 0.0931 e. The van der Waals surface area contributed by atoms with E-state index in [2.05, 4.69) is 92.7 Å². The van der Waals surface area contributed by atoms with E-state index in [9.17, 15) is 0 Å². The van der Waals surface area contributed by atoms with Crippen LogP contribution < -0.4 is 0 Å². The molecule has 0 aliphatic carbocycles. The highest BCUT2D eigenvalue weighted by Gasteiger charge is 2.11. The van der Waals surface area contributed by atoms with Crippen molar-refractivity contribution in [2.45, 2.75) is 0 Å². The van der Waals surface area contributed by atoms with E-state index in [0.717, 1.165) is 22.1 Å². The lowest BCUT2D eigenvalue weighted by atomic mass is 9.90. The van der Waals surface area contributed by atoms with Crippen LogP contribution in [0.1, 0.15) is 0 Å². The van der Waals surface area contributed by atoms with Gasteiger partial charge in [-0.15, -0.1) is 0 Å². The van der Waals surface area contributed by atoms with Crippen LogP contribution in [0.25, 0.3) is 65.2 Å². The van der Waals surface area contributed by atoms with Crippen molar-refractivity contribution in [1.29, 1.82) is 0 Å². The summed E-state index contributed by atoms with van der Waals surface area (Å²) in [5.74, 6) is 0. The predicted octanol–water partition coefficient (Wildman–Crippen LogP) is 8.86. The number of para-hydroxylation sites is 4. The minimum Gasteiger partial charge on any atom is -0.345 e. The van der Waals surface area contributed by atoms with Gasteiger partial charge in [0.05, 0.1) is 34.7 Å². The van der Waals surface area contributed by atoms with Gasteiger partial charge in [-0.1, -0.05) is 97.1 Å². The zero-order valence-corrected chi connectivity index (χ0v) is 20.6. The SMILES string of the molecule is c1cc2cccc3c4cccc5cccc(c(c1)c23)c54.c1ccc2[nH]cnc2c1.c1ccc2[nH]cnc2c1. The van der Waals surface area contributed by atoms with Crippen LogP contribution in [0.5, 0.6) is 0 Å². The molecule has 0 spiro atoms. The summed E-state index contributed by atoms with van der Waals surface area (Å²) in [6.07, 6.45) is 3.40. The summed E-state index contributed by atoms with van der Waals surface area (Å²) in [5, 5.41) is 10.9. The Morgan fingerprint density at radius 2 is 0.737 bits per heavy atom. The molecule has 2 aromatic heterocycles. The fourth-order valence-corrected chi connectivity index (χ4v) is 5.34. The molecule has 0 saturated heterocycles. The molecule has 0 fully saturated rings. The molecule has 7 aromatic carbocycles. The van der Waals surface area contributed by atoms with E-state index in [4.69, 9.17) is 0 Å². The molecule has 2 N–H and O–H groups in total. The van der Waals surface area contributed by atoms with Gasteiger partial charge in [-0.3, -0.25) is 0 Å².